The van der Waals surface area contributed by atoms with Crippen molar-refractivity contribution in [1.29, 1.82) is 0 Å². The molecular formula is C17H19NO2. The molecule has 20 heavy (non-hydrogen) atoms. The molecule has 1 aliphatic heterocycles. The van der Waals surface area contributed by atoms with Gasteiger partial charge in [-0.1, -0.05) is 24.3 Å². The summed E-state index contributed by atoms with van der Waals surface area (Å²) in [6.45, 7) is 2.04. The van der Waals surface area contributed by atoms with E-state index >= 15 is 0 Å². The number of hydrogen-bond donors (Lipinski definition) is 1. The van der Waals surface area contributed by atoms with E-state index in [1.165, 1.54) is 0 Å². The lowest BCUT2D eigenvalue weighted by molar-refractivity contribution is 0.161. The lowest BCUT2D eigenvalue weighted by Crippen LogP contribution is -2.24. The van der Waals surface area contributed by atoms with Gasteiger partial charge in [0.1, 0.15) is 17.6 Å². The fraction of sp³-hybridized carbons (Fsp3) is 0.294. The smallest absolute Gasteiger partial charge is 0.126 e. The predicted octanol–water partition coefficient (Wildman–Crippen LogP) is 3.53. The molecule has 0 aromatic heterocycles. The van der Waals surface area contributed by atoms with Crippen molar-refractivity contribution in [2.24, 2.45) is 5.73 Å². The van der Waals surface area contributed by atoms with Crippen molar-refractivity contribution < 1.29 is 9.47 Å². The molecule has 0 amide bonds. The zero-order valence-corrected chi connectivity index (χ0v) is 11.8. The maximum atomic E-state index is 6.26. The van der Waals surface area contributed by atoms with Crippen LogP contribution in [0, 0.1) is 6.92 Å². The molecule has 0 saturated carbocycles. The highest BCUT2D eigenvalue weighted by molar-refractivity contribution is 5.41. The Balaban J connectivity index is 1.91. The number of hydrogen-bond acceptors (Lipinski definition) is 3. The van der Waals surface area contributed by atoms with E-state index in [1.807, 2.05) is 37.3 Å². The van der Waals surface area contributed by atoms with E-state index in [4.69, 9.17) is 15.2 Å². The average Bonchev–Trinajstić information content (AvgIpc) is 2.47. The van der Waals surface area contributed by atoms with E-state index < -0.39 is 0 Å². The van der Waals surface area contributed by atoms with Crippen LogP contribution >= 0.6 is 0 Å². The van der Waals surface area contributed by atoms with Crippen molar-refractivity contribution in [3.05, 3.63) is 59.2 Å². The first-order valence-electron chi connectivity index (χ1n) is 6.84. The zero-order valence-electron chi connectivity index (χ0n) is 11.8. The summed E-state index contributed by atoms with van der Waals surface area (Å²) < 4.78 is 11.4. The van der Waals surface area contributed by atoms with Crippen molar-refractivity contribution in [3.63, 3.8) is 0 Å². The quantitative estimate of drug-likeness (QED) is 0.907. The Morgan fingerprint density at radius 2 is 2.00 bits per heavy atom. The molecule has 3 nitrogen and oxygen atoms in total. The van der Waals surface area contributed by atoms with E-state index in [9.17, 15) is 0 Å². The van der Waals surface area contributed by atoms with Crippen LogP contribution in [0.3, 0.4) is 0 Å². The van der Waals surface area contributed by atoms with Crippen LogP contribution in [-0.2, 0) is 0 Å². The SMILES string of the molecule is COc1ccc(C2CC(N)c3ccccc3O2)cc1C. The molecule has 1 aliphatic rings. The third kappa shape index (κ3) is 2.25. The monoisotopic (exact) mass is 269 g/mol. The Morgan fingerprint density at radius 1 is 1.20 bits per heavy atom. The highest BCUT2D eigenvalue weighted by Gasteiger charge is 2.26. The van der Waals surface area contributed by atoms with E-state index in [0.717, 1.165) is 34.6 Å². The van der Waals surface area contributed by atoms with E-state index in [1.54, 1.807) is 7.11 Å². The maximum absolute atomic E-state index is 6.26. The van der Waals surface area contributed by atoms with Crippen LogP contribution in [0.2, 0.25) is 0 Å². The molecule has 0 radical (unpaired) electrons. The van der Waals surface area contributed by atoms with Crippen molar-refractivity contribution in [3.8, 4) is 11.5 Å². The van der Waals surface area contributed by atoms with Gasteiger partial charge in [-0.2, -0.15) is 0 Å². The molecule has 2 N–H and O–H groups in total. The highest BCUT2D eigenvalue weighted by Crippen LogP contribution is 2.40. The summed E-state index contributed by atoms with van der Waals surface area (Å²) >= 11 is 0. The molecule has 2 unspecified atom stereocenters. The number of para-hydroxylation sites is 1. The van der Waals surface area contributed by atoms with Crippen LogP contribution in [0.25, 0.3) is 0 Å². The maximum Gasteiger partial charge on any atom is 0.126 e. The second-order valence-electron chi connectivity index (χ2n) is 5.22. The molecule has 0 saturated heterocycles. The Labute approximate surface area is 119 Å². The minimum atomic E-state index is 0.00417. The lowest BCUT2D eigenvalue weighted by atomic mass is 9.93. The number of rotatable bonds is 2. The molecule has 2 aromatic rings. The van der Waals surface area contributed by atoms with E-state index in [2.05, 4.69) is 12.1 Å². The van der Waals surface area contributed by atoms with Gasteiger partial charge in [0.15, 0.2) is 0 Å². The van der Waals surface area contributed by atoms with Crippen LogP contribution in [-0.4, -0.2) is 7.11 Å². The van der Waals surface area contributed by atoms with Crippen molar-refractivity contribution in [2.45, 2.75) is 25.5 Å². The van der Waals surface area contributed by atoms with Crippen molar-refractivity contribution in [1.82, 2.24) is 0 Å². The van der Waals surface area contributed by atoms with Gasteiger partial charge in [0, 0.05) is 18.0 Å². The Bertz CT molecular complexity index is 624. The molecule has 104 valence electrons. The number of benzene rings is 2. The zero-order chi connectivity index (χ0) is 14.1. The molecule has 2 atom stereocenters. The van der Waals surface area contributed by atoms with Gasteiger partial charge >= 0.3 is 0 Å². The lowest BCUT2D eigenvalue weighted by Gasteiger charge is -2.30. The van der Waals surface area contributed by atoms with Gasteiger partial charge in [-0.3, -0.25) is 0 Å². The van der Waals surface area contributed by atoms with Crippen LogP contribution in [0.15, 0.2) is 42.5 Å². The highest BCUT2D eigenvalue weighted by atomic mass is 16.5. The summed E-state index contributed by atoms with van der Waals surface area (Å²) in [5, 5.41) is 0. The number of aryl methyl sites for hydroxylation is 1. The predicted molar refractivity (Wildman–Crippen MR) is 79.1 cm³/mol. The van der Waals surface area contributed by atoms with E-state index in [0.29, 0.717) is 0 Å². The second-order valence-corrected chi connectivity index (χ2v) is 5.22. The summed E-state index contributed by atoms with van der Waals surface area (Å²) in [7, 11) is 1.69. The van der Waals surface area contributed by atoms with Gasteiger partial charge < -0.3 is 15.2 Å². The first kappa shape index (κ1) is 13.0. The summed E-state index contributed by atoms with van der Waals surface area (Å²) in [6.07, 6.45) is 0.799. The van der Waals surface area contributed by atoms with Gasteiger partial charge in [-0.15, -0.1) is 0 Å². The summed E-state index contributed by atoms with van der Waals surface area (Å²) in [5.41, 5.74) is 9.61. The number of fused-ring (bicyclic) bond motifs is 1. The first-order chi connectivity index (χ1) is 9.69. The molecule has 0 aliphatic carbocycles. The molecular weight excluding hydrogens is 250 g/mol. The number of methoxy groups -OCH3 is 1. The molecule has 0 bridgehead atoms. The standard InChI is InChI=1S/C17H19NO2/c1-11-9-12(7-8-15(11)19-2)17-10-14(18)13-5-3-4-6-16(13)20-17/h3-9,14,17H,10,18H2,1-2H3. The molecule has 3 rings (SSSR count). The largest absolute Gasteiger partial charge is 0.496 e. The van der Waals surface area contributed by atoms with Crippen molar-refractivity contribution in [2.75, 3.05) is 7.11 Å². The molecule has 3 heteroatoms. The van der Waals surface area contributed by atoms with Gasteiger partial charge in [-0.05, 0) is 36.2 Å². The third-order valence-electron chi connectivity index (χ3n) is 3.85. The first-order valence-corrected chi connectivity index (χ1v) is 6.84. The Morgan fingerprint density at radius 3 is 2.75 bits per heavy atom. The minimum absolute atomic E-state index is 0.00417. The molecule has 2 aromatic carbocycles. The Kier molecular flexibility index (Phi) is 3.36. The minimum Gasteiger partial charge on any atom is -0.496 e. The van der Waals surface area contributed by atoms with Crippen LogP contribution in [0.5, 0.6) is 11.5 Å². The molecule has 1 heterocycles. The van der Waals surface area contributed by atoms with Crippen LogP contribution in [0.1, 0.15) is 35.3 Å². The van der Waals surface area contributed by atoms with Gasteiger partial charge in [0.25, 0.3) is 0 Å². The van der Waals surface area contributed by atoms with Crippen LogP contribution < -0.4 is 15.2 Å². The van der Waals surface area contributed by atoms with E-state index in [-0.39, 0.29) is 12.1 Å². The topological polar surface area (TPSA) is 44.5 Å². The fourth-order valence-corrected chi connectivity index (χ4v) is 2.76. The third-order valence-corrected chi connectivity index (χ3v) is 3.85. The Hall–Kier alpha value is -2.00. The summed E-state index contributed by atoms with van der Waals surface area (Å²) in [5.74, 6) is 1.79. The summed E-state index contributed by atoms with van der Waals surface area (Å²) in [6, 6.07) is 14.2. The van der Waals surface area contributed by atoms with Crippen molar-refractivity contribution >= 4 is 0 Å². The average molecular weight is 269 g/mol. The number of ether oxygens (including phenoxy) is 2. The van der Waals surface area contributed by atoms with Gasteiger partial charge in [0.2, 0.25) is 0 Å². The van der Waals surface area contributed by atoms with Gasteiger partial charge in [0.05, 0.1) is 7.11 Å². The normalized spacial score (nSPS) is 20.9. The summed E-state index contributed by atoms with van der Waals surface area (Å²) in [4.78, 5) is 0. The number of nitrogens with two attached hydrogens (primary N) is 1. The molecule has 0 fully saturated rings. The van der Waals surface area contributed by atoms with Gasteiger partial charge in [-0.25, -0.2) is 0 Å². The fourth-order valence-electron chi connectivity index (χ4n) is 2.76. The second kappa shape index (κ2) is 5.17. The molecule has 0 spiro atoms. The van der Waals surface area contributed by atoms with Crippen LogP contribution in [0.4, 0.5) is 0 Å².